The van der Waals surface area contributed by atoms with Crippen molar-refractivity contribution in [2.24, 2.45) is 0 Å². The Morgan fingerprint density at radius 3 is 2.50 bits per heavy atom. The smallest absolute Gasteiger partial charge is 0.339 e. The molecule has 0 bridgehead atoms. The van der Waals surface area contributed by atoms with Crippen LogP contribution in [0.5, 0.6) is 0 Å². The number of anilines is 1. The predicted molar refractivity (Wildman–Crippen MR) is 88.3 cm³/mol. The Labute approximate surface area is 140 Å². The van der Waals surface area contributed by atoms with Gasteiger partial charge in [-0.3, -0.25) is 4.68 Å². The van der Waals surface area contributed by atoms with Gasteiger partial charge in [0.1, 0.15) is 5.56 Å². The van der Waals surface area contributed by atoms with Crippen LogP contribution in [0.15, 0.2) is 24.7 Å². The maximum Gasteiger partial charge on any atom is 0.339 e. The van der Waals surface area contributed by atoms with Crippen molar-refractivity contribution in [1.29, 1.82) is 0 Å². The number of hydrogen-bond donors (Lipinski definition) is 1. The molecule has 126 valence electrons. The first kappa shape index (κ1) is 15.1. The molecule has 7 heteroatoms. The van der Waals surface area contributed by atoms with Crippen LogP contribution >= 0.6 is 0 Å². The minimum absolute atomic E-state index is 0.0441. The van der Waals surface area contributed by atoms with Crippen LogP contribution in [0.25, 0.3) is 0 Å². The summed E-state index contributed by atoms with van der Waals surface area (Å²) in [5, 5.41) is 14.2. The van der Waals surface area contributed by atoms with Gasteiger partial charge >= 0.3 is 5.97 Å². The maximum absolute atomic E-state index is 11.6. The van der Waals surface area contributed by atoms with Gasteiger partial charge in [0.15, 0.2) is 0 Å². The lowest BCUT2D eigenvalue weighted by atomic mass is 10.0. The molecular formula is C17H21N5O2. The van der Waals surface area contributed by atoms with Gasteiger partial charge in [0.25, 0.3) is 0 Å². The van der Waals surface area contributed by atoms with E-state index in [1.165, 1.54) is 0 Å². The second kappa shape index (κ2) is 5.58. The Morgan fingerprint density at radius 1 is 1.25 bits per heavy atom. The lowest BCUT2D eigenvalue weighted by Crippen LogP contribution is -2.35. The molecule has 1 saturated carbocycles. The summed E-state index contributed by atoms with van der Waals surface area (Å²) in [6, 6.07) is 2.05. The second-order valence-electron chi connectivity index (χ2n) is 7.00. The third-order valence-electron chi connectivity index (χ3n) is 5.21. The number of hydrogen-bond acceptors (Lipinski definition) is 5. The van der Waals surface area contributed by atoms with E-state index in [2.05, 4.69) is 26.9 Å². The first-order valence-electron chi connectivity index (χ1n) is 8.42. The van der Waals surface area contributed by atoms with Crippen LogP contribution in [0, 0.1) is 0 Å². The van der Waals surface area contributed by atoms with Crippen LogP contribution in [0.2, 0.25) is 0 Å². The van der Waals surface area contributed by atoms with E-state index < -0.39 is 5.97 Å². The number of rotatable bonds is 4. The molecule has 24 heavy (non-hydrogen) atoms. The van der Waals surface area contributed by atoms with E-state index in [0.29, 0.717) is 5.56 Å². The summed E-state index contributed by atoms with van der Waals surface area (Å²) < 4.78 is 1.88. The third-order valence-corrected chi connectivity index (χ3v) is 5.21. The van der Waals surface area contributed by atoms with Gasteiger partial charge in [0, 0.05) is 37.1 Å². The summed E-state index contributed by atoms with van der Waals surface area (Å²) in [6.45, 7) is 3.80. The zero-order chi connectivity index (χ0) is 16.7. The molecule has 0 amide bonds. The van der Waals surface area contributed by atoms with Crippen molar-refractivity contribution < 1.29 is 9.90 Å². The molecule has 0 atom stereocenters. The van der Waals surface area contributed by atoms with Gasteiger partial charge in [-0.1, -0.05) is 6.92 Å². The molecule has 2 aromatic heterocycles. The Morgan fingerprint density at radius 2 is 1.92 bits per heavy atom. The van der Waals surface area contributed by atoms with Crippen molar-refractivity contribution in [3.63, 3.8) is 0 Å². The predicted octanol–water partition coefficient (Wildman–Crippen LogP) is 2.26. The number of nitrogens with zero attached hydrogens (tertiary/aromatic N) is 5. The Hall–Kier alpha value is -2.44. The van der Waals surface area contributed by atoms with Crippen LogP contribution in [-0.4, -0.2) is 43.9 Å². The molecule has 0 spiro atoms. The molecule has 3 heterocycles. The van der Waals surface area contributed by atoms with Gasteiger partial charge in [-0.05, 0) is 31.7 Å². The normalized spacial score (nSPS) is 20.1. The van der Waals surface area contributed by atoms with Crippen molar-refractivity contribution >= 4 is 11.9 Å². The molecule has 7 nitrogen and oxygen atoms in total. The maximum atomic E-state index is 11.6. The van der Waals surface area contributed by atoms with Crippen molar-refractivity contribution in [2.75, 3.05) is 18.0 Å². The molecule has 1 saturated heterocycles. The number of carbonyl (C=O) groups is 1. The van der Waals surface area contributed by atoms with Crippen LogP contribution in [0.3, 0.4) is 0 Å². The van der Waals surface area contributed by atoms with E-state index >= 15 is 0 Å². The summed E-state index contributed by atoms with van der Waals surface area (Å²) in [5.41, 5.74) is 1.07. The van der Waals surface area contributed by atoms with Crippen LogP contribution in [-0.2, 0) is 5.41 Å². The SMILES string of the molecule is CC1(c2nn(C3CCN(c4ncccn4)CC3)cc2C(=O)O)CC1. The fourth-order valence-corrected chi connectivity index (χ4v) is 3.39. The minimum Gasteiger partial charge on any atom is -0.478 e. The monoisotopic (exact) mass is 327 g/mol. The largest absolute Gasteiger partial charge is 0.478 e. The standard InChI is InChI=1S/C17H21N5O2/c1-17(5-6-17)14-13(15(23)24)11-22(20-14)12-3-9-21(10-4-12)16-18-7-2-8-19-16/h2,7-8,11-12H,3-6,9-10H2,1H3,(H,23,24). The number of piperidine rings is 1. The van der Waals surface area contributed by atoms with E-state index in [1.54, 1.807) is 18.6 Å². The number of aromatic carboxylic acids is 1. The van der Waals surface area contributed by atoms with E-state index in [4.69, 9.17) is 0 Å². The second-order valence-corrected chi connectivity index (χ2v) is 7.00. The van der Waals surface area contributed by atoms with Crippen LogP contribution < -0.4 is 4.90 Å². The average Bonchev–Trinajstić information content (AvgIpc) is 3.19. The van der Waals surface area contributed by atoms with Gasteiger partial charge in [-0.25, -0.2) is 14.8 Å². The van der Waals surface area contributed by atoms with Crippen molar-refractivity contribution in [1.82, 2.24) is 19.7 Å². The summed E-state index contributed by atoms with van der Waals surface area (Å²) in [7, 11) is 0. The Balaban J connectivity index is 1.51. The molecule has 1 aliphatic heterocycles. The van der Waals surface area contributed by atoms with Crippen molar-refractivity contribution in [3.05, 3.63) is 35.9 Å². The van der Waals surface area contributed by atoms with Gasteiger partial charge in [-0.15, -0.1) is 0 Å². The number of carboxylic acids is 1. The summed E-state index contributed by atoms with van der Waals surface area (Å²) in [6.07, 6.45) is 9.10. The average molecular weight is 327 g/mol. The highest BCUT2D eigenvalue weighted by Crippen LogP contribution is 2.48. The molecule has 2 aliphatic rings. The van der Waals surface area contributed by atoms with Crippen LogP contribution in [0.1, 0.15) is 54.7 Å². The minimum atomic E-state index is -0.875. The number of aromatic nitrogens is 4. The lowest BCUT2D eigenvalue weighted by Gasteiger charge is -2.32. The molecule has 1 aliphatic carbocycles. The summed E-state index contributed by atoms with van der Waals surface area (Å²) in [5.74, 6) is -0.117. The quantitative estimate of drug-likeness (QED) is 0.927. The van der Waals surface area contributed by atoms with Gasteiger partial charge in [-0.2, -0.15) is 5.10 Å². The van der Waals surface area contributed by atoms with Gasteiger partial charge in [0.2, 0.25) is 5.95 Å². The number of carboxylic acid groups (broad SMARTS) is 1. The van der Waals surface area contributed by atoms with E-state index in [-0.39, 0.29) is 11.5 Å². The lowest BCUT2D eigenvalue weighted by molar-refractivity contribution is 0.0694. The van der Waals surface area contributed by atoms with Crippen LogP contribution in [0.4, 0.5) is 5.95 Å². The fraction of sp³-hybridized carbons (Fsp3) is 0.529. The molecule has 0 unspecified atom stereocenters. The highest BCUT2D eigenvalue weighted by molar-refractivity contribution is 5.89. The molecular weight excluding hydrogens is 306 g/mol. The molecule has 1 N–H and O–H groups in total. The van der Waals surface area contributed by atoms with Crippen molar-refractivity contribution in [3.8, 4) is 0 Å². The third kappa shape index (κ3) is 2.64. The van der Waals surface area contributed by atoms with Crippen molar-refractivity contribution in [2.45, 2.75) is 44.1 Å². The van der Waals surface area contributed by atoms with E-state index in [0.717, 1.165) is 50.4 Å². The van der Waals surface area contributed by atoms with Gasteiger partial charge < -0.3 is 10.0 Å². The highest BCUT2D eigenvalue weighted by atomic mass is 16.4. The van der Waals surface area contributed by atoms with E-state index in [1.807, 2.05) is 10.7 Å². The zero-order valence-electron chi connectivity index (χ0n) is 13.7. The topological polar surface area (TPSA) is 84.1 Å². The molecule has 2 aromatic rings. The molecule has 4 rings (SSSR count). The highest BCUT2D eigenvalue weighted by Gasteiger charge is 2.44. The summed E-state index contributed by atoms with van der Waals surface area (Å²) in [4.78, 5) is 22.3. The Kier molecular flexibility index (Phi) is 3.51. The molecule has 2 fully saturated rings. The fourth-order valence-electron chi connectivity index (χ4n) is 3.39. The summed E-state index contributed by atoms with van der Waals surface area (Å²) >= 11 is 0. The first-order chi connectivity index (χ1) is 11.6. The van der Waals surface area contributed by atoms with E-state index in [9.17, 15) is 9.90 Å². The Bertz CT molecular complexity index is 746. The van der Waals surface area contributed by atoms with Gasteiger partial charge in [0.05, 0.1) is 11.7 Å². The molecule has 0 aromatic carbocycles. The first-order valence-corrected chi connectivity index (χ1v) is 8.42. The molecule has 0 radical (unpaired) electrons. The zero-order valence-corrected chi connectivity index (χ0v) is 13.7.